The number of aromatic nitrogens is 2. The lowest BCUT2D eigenvalue weighted by Crippen LogP contribution is -2.20. The van der Waals surface area contributed by atoms with Crippen LogP contribution in [0.25, 0.3) is 11.0 Å². The number of imidazole rings is 1. The number of nitrogens with one attached hydrogen (secondary N) is 2. The van der Waals surface area contributed by atoms with Crippen molar-refractivity contribution >= 4 is 34.5 Å². The Morgan fingerprint density at radius 3 is 2.39 bits per heavy atom. The van der Waals surface area contributed by atoms with Crippen LogP contribution in [-0.4, -0.2) is 21.4 Å². The Bertz CT molecular complexity index is 1000. The van der Waals surface area contributed by atoms with E-state index in [4.69, 9.17) is 0 Å². The molecule has 6 nitrogen and oxygen atoms in total. The highest BCUT2D eigenvalue weighted by Gasteiger charge is 2.22. The maximum absolute atomic E-state index is 12.8. The van der Waals surface area contributed by atoms with Crippen molar-refractivity contribution in [2.45, 2.75) is 45.1 Å². The Kier molecular flexibility index (Phi) is 5.10. The highest BCUT2D eigenvalue weighted by atomic mass is 16.2. The lowest BCUT2D eigenvalue weighted by molar-refractivity contribution is -0.114. The molecule has 0 spiro atoms. The second-order valence-electron chi connectivity index (χ2n) is 7.30. The van der Waals surface area contributed by atoms with Crippen LogP contribution in [0.15, 0.2) is 48.5 Å². The lowest BCUT2D eigenvalue weighted by Gasteiger charge is -2.25. The van der Waals surface area contributed by atoms with Crippen LogP contribution in [0, 0.1) is 0 Å². The molecular weight excluding hydrogens is 352 g/mol. The molecule has 0 radical (unpaired) electrons. The number of hydrogen-bond donors (Lipinski definition) is 2. The van der Waals surface area contributed by atoms with Crippen molar-refractivity contribution in [3.8, 4) is 0 Å². The summed E-state index contributed by atoms with van der Waals surface area (Å²) >= 11 is 0. The smallest absolute Gasteiger partial charge is 0.257 e. The third-order valence-corrected chi connectivity index (χ3v) is 5.23. The molecule has 1 aliphatic carbocycles. The van der Waals surface area contributed by atoms with Crippen LogP contribution in [0.1, 0.15) is 55.4 Å². The molecule has 2 aromatic carbocycles. The van der Waals surface area contributed by atoms with Gasteiger partial charge in [-0.1, -0.05) is 31.4 Å². The number of anilines is 2. The molecule has 4 rings (SSSR count). The van der Waals surface area contributed by atoms with E-state index in [1.165, 1.54) is 26.2 Å². The van der Waals surface area contributed by atoms with E-state index in [1.807, 2.05) is 18.2 Å². The van der Waals surface area contributed by atoms with Crippen LogP contribution in [0.4, 0.5) is 11.6 Å². The number of nitrogens with zero attached hydrogens (tertiary/aromatic N) is 2. The molecule has 144 valence electrons. The number of benzene rings is 2. The molecule has 1 fully saturated rings. The molecule has 1 aromatic heterocycles. The Morgan fingerprint density at radius 2 is 1.68 bits per heavy atom. The van der Waals surface area contributed by atoms with Gasteiger partial charge in [0.25, 0.3) is 5.91 Å². The van der Waals surface area contributed by atoms with E-state index < -0.39 is 0 Å². The molecule has 28 heavy (non-hydrogen) atoms. The van der Waals surface area contributed by atoms with Crippen molar-refractivity contribution in [3.63, 3.8) is 0 Å². The summed E-state index contributed by atoms with van der Waals surface area (Å²) in [5, 5.41) is 5.70. The molecular formula is C22H24N4O2. The van der Waals surface area contributed by atoms with Crippen LogP contribution < -0.4 is 10.6 Å². The summed E-state index contributed by atoms with van der Waals surface area (Å²) in [7, 11) is 0. The summed E-state index contributed by atoms with van der Waals surface area (Å²) in [6, 6.07) is 15.2. The van der Waals surface area contributed by atoms with Crippen molar-refractivity contribution in [2.75, 3.05) is 10.6 Å². The highest BCUT2D eigenvalue weighted by molar-refractivity contribution is 6.04. The zero-order valence-corrected chi connectivity index (χ0v) is 15.9. The minimum atomic E-state index is -0.207. The summed E-state index contributed by atoms with van der Waals surface area (Å²) in [5.74, 6) is 0.254. The van der Waals surface area contributed by atoms with Crippen molar-refractivity contribution in [2.24, 2.45) is 0 Å². The number of hydrogen-bond acceptors (Lipinski definition) is 3. The molecule has 1 saturated carbocycles. The molecule has 0 bridgehead atoms. The Morgan fingerprint density at radius 1 is 0.964 bits per heavy atom. The van der Waals surface area contributed by atoms with E-state index in [-0.39, 0.29) is 11.8 Å². The number of para-hydroxylation sites is 2. The van der Waals surface area contributed by atoms with Crippen LogP contribution in [0.2, 0.25) is 0 Å². The Hall–Kier alpha value is -3.15. The predicted octanol–water partition coefficient (Wildman–Crippen LogP) is 4.75. The largest absolute Gasteiger partial charge is 0.326 e. The van der Waals surface area contributed by atoms with Gasteiger partial charge < -0.3 is 9.88 Å². The van der Waals surface area contributed by atoms with E-state index >= 15 is 0 Å². The molecule has 0 aliphatic heterocycles. The maximum atomic E-state index is 12.8. The summed E-state index contributed by atoms with van der Waals surface area (Å²) < 4.78 is 2.19. The Balaban J connectivity index is 1.61. The standard InChI is InChI=1S/C22H24N4O2/c1-15(27)23-17-13-11-16(12-14-17)21(28)25-22-24-19-9-5-6-10-20(19)26(22)18-7-3-2-4-8-18/h5-6,9-14,18H,2-4,7-8H2,1H3,(H,23,27)(H,24,25,28). The topological polar surface area (TPSA) is 76.0 Å². The van der Waals surface area contributed by atoms with Crippen LogP contribution in [0.5, 0.6) is 0 Å². The fourth-order valence-electron chi connectivity index (χ4n) is 3.92. The van der Waals surface area contributed by atoms with Crippen molar-refractivity contribution < 1.29 is 9.59 Å². The van der Waals surface area contributed by atoms with Crippen LogP contribution >= 0.6 is 0 Å². The van der Waals surface area contributed by atoms with Crippen molar-refractivity contribution in [1.29, 1.82) is 0 Å². The maximum Gasteiger partial charge on any atom is 0.257 e. The predicted molar refractivity (Wildman–Crippen MR) is 111 cm³/mol. The first-order valence-corrected chi connectivity index (χ1v) is 9.78. The first kappa shape index (κ1) is 18.2. The van der Waals surface area contributed by atoms with Gasteiger partial charge >= 0.3 is 0 Å². The minimum absolute atomic E-state index is 0.140. The van der Waals surface area contributed by atoms with E-state index in [2.05, 4.69) is 26.3 Å². The molecule has 0 unspecified atom stereocenters. The average Bonchev–Trinajstić information content (AvgIpc) is 3.06. The monoisotopic (exact) mass is 376 g/mol. The molecule has 0 atom stereocenters. The first-order valence-electron chi connectivity index (χ1n) is 9.78. The number of carbonyl (C=O) groups is 2. The third-order valence-electron chi connectivity index (χ3n) is 5.23. The van der Waals surface area contributed by atoms with Crippen molar-refractivity contribution in [3.05, 3.63) is 54.1 Å². The summed E-state index contributed by atoms with van der Waals surface area (Å²) in [6.45, 7) is 1.45. The molecule has 1 heterocycles. The third kappa shape index (κ3) is 3.76. The highest BCUT2D eigenvalue weighted by Crippen LogP contribution is 2.34. The zero-order valence-electron chi connectivity index (χ0n) is 15.9. The van der Waals surface area contributed by atoms with E-state index in [0.717, 1.165) is 23.9 Å². The molecule has 0 saturated heterocycles. The fourth-order valence-corrected chi connectivity index (χ4v) is 3.92. The number of fused-ring (bicyclic) bond motifs is 1. The molecule has 2 N–H and O–H groups in total. The van der Waals surface area contributed by atoms with Crippen molar-refractivity contribution in [1.82, 2.24) is 9.55 Å². The number of amides is 2. The van der Waals surface area contributed by atoms with Gasteiger partial charge in [-0.05, 0) is 49.2 Å². The fraction of sp³-hybridized carbons (Fsp3) is 0.318. The van der Waals surface area contributed by atoms with E-state index in [9.17, 15) is 9.59 Å². The van der Waals surface area contributed by atoms with Gasteiger partial charge in [0.15, 0.2) is 0 Å². The molecule has 3 aromatic rings. The second kappa shape index (κ2) is 7.84. The first-order chi connectivity index (χ1) is 13.6. The normalized spacial score (nSPS) is 14.8. The van der Waals surface area contributed by atoms with Gasteiger partial charge in [-0.25, -0.2) is 4.98 Å². The van der Waals surface area contributed by atoms with Gasteiger partial charge in [0.1, 0.15) is 0 Å². The minimum Gasteiger partial charge on any atom is -0.326 e. The molecule has 2 amide bonds. The Labute approximate surface area is 164 Å². The molecule has 6 heteroatoms. The van der Waals surface area contributed by atoms with Gasteiger partial charge in [-0.15, -0.1) is 0 Å². The number of carbonyl (C=O) groups excluding carboxylic acids is 2. The van der Waals surface area contributed by atoms with Crippen LogP contribution in [0.3, 0.4) is 0 Å². The van der Waals surface area contributed by atoms with Crippen LogP contribution in [-0.2, 0) is 4.79 Å². The summed E-state index contributed by atoms with van der Waals surface area (Å²) in [5.41, 5.74) is 3.14. The lowest BCUT2D eigenvalue weighted by atomic mass is 9.95. The van der Waals surface area contributed by atoms with Gasteiger partial charge in [0.2, 0.25) is 11.9 Å². The van der Waals surface area contributed by atoms with Gasteiger partial charge in [-0.2, -0.15) is 0 Å². The second-order valence-corrected chi connectivity index (χ2v) is 7.30. The number of rotatable bonds is 4. The quantitative estimate of drug-likeness (QED) is 0.690. The average molecular weight is 376 g/mol. The van der Waals surface area contributed by atoms with Gasteiger partial charge in [0, 0.05) is 24.2 Å². The summed E-state index contributed by atoms with van der Waals surface area (Å²) in [4.78, 5) is 28.6. The summed E-state index contributed by atoms with van der Waals surface area (Å²) in [6.07, 6.45) is 5.89. The van der Waals surface area contributed by atoms with Gasteiger partial charge in [-0.3, -0.25) is 14.9 Å². The molecule has 1 aliphatic rings. The van der Waals surface area contributed by atoms with E-state index in [1.54, 1.807) is 24.3 Å². The van der Waals surface area contributed by atoms with Gasteiger partial charge in [0.05, 0.1) is 11.0 Å². The van der Waals surface area contributed by atoms with E-state index in [0.29, 0.717) is 23.2 Å². The SMILES string of the molecule is CC(=O)Nc1ccc(C(=O)Nc2nc3ccccc3n2C2CCCCC2)cc1. The zero-order chi connectivity index (χ0) is 19.5.